The van der Waals surface area contributed by atoms with E-state index in [1.165, 1.54) is 6.07 Å². The first-order valence-electron chi connectivity index (χ1n) is 5.44. The third kappa shape index (κ3) is 1.48. The number of aryl methyl sites for hydroxylation is 1. The molecule has 0 aliphatic rings. The van der Waals surface area contributed by atoms with Crippen LogP contribution in [-0.4, -0.2) is 21.2 Å². The van der Waals surface area contributed by atoms with Gasteiger partial charge in [-0.25, -0.2) is 4.79 Å². The minimum atomic E-state index is -1.12. The minimum absolute atomic E-state index is 0.159. The molecule has 0 aliphatic heterocycles. The van der Waals surface area contributed by atoms with Crippen LogP contribution in [0, 0.1) is 6.92 Å². The second kappa shape index (κ2) is 3.73. The summed E-state index contributed by atoms with van der Waals surface area (Å²) in [5.74, 6) is -1.28. The van der Waals surface area contributed by atoms with Crippen LogP contribution in [0.4, 0.5) is 0 Å². The molecule has 2 aromatic heterocycles. The first kappa shape index (κ1) is 10.6. The lowest BCUT2D eigenvalue weighted by molar-refractivity contribution is 0.0652. The van der Waals surface area contributed by atoms with Gasteiger partial charge in [-0.05, 0) is 18.6 Å². The van der Waals surface area contributed by atoms with Crippen LogP contribution >= 0.6 is 0 Å². The average Bonchev–Trinajstić information content (AvgIpc) is 2.94. The number of benzene rings is 1. The van der Waals surface area contributed by atoms with E-state index in [9.17, 15) is 4.79 Å². The summed E-state index contributed by atoms with van der Waals surface area (Å²) < 4.78 is 4.78. The number of hydrogen-bond acceptors (Lipinski definition) is 3. The maximum atomic E-state index is 10.8. The van der Waals surface area contributed by atoms with Gasteiger partial charge in [-0.1, -0.05) is 17.3 Å². The van der Waals surface area contributed by atoms with Crippen molar-refractivity contribution in [2.24, 2.45) is 0 Å². The van der Waals surface area contributed by atoms with Gasteiger partial charge in [-0.15, -0.1) is 0 Å². The first-order valence-corrected chi connectivity index (χ1v) is 5.44. The molecule has 2 N–H and O–H groups in total. The van der Waals surface area contributed by atoms with Crippen LogP contribution < -0.4 is 0 Å². The monoisotopic (exact) mass is 242 g/mol. The summed E-state index contributed by atoms with van der Waals surface area (Å²) in [6.45, 7) is 2.00. The van der Waals surface area contributed by atoms with E-state index in [1.54, 1.807) is 6.20 Å². The Hall–Kier alpha value is -2.56. The number of carbonyl (C=O) groups is 1. The van der Waals surface area contributed by atoms with E-state index in [4.69, 9.17) is 9.63 Å². The van der Waals surface area contributed by atoms with Gasteiger partial charge in [0.25, 0.3) is 0 Å². The van der Waals surface area contributed by atoms with Crippen molar-refractivity contribution in [3.05, 3.63) is 41.8 Å². The molecule has 0 aliphatic carbocycles. The zero-order chi connectivity index (χ0) is 12.7. The number of aromatic nitrogens is 2. The normalized spacial score (nSPS) is 10.9. The van der Waals surface area contributed by atoms with Crippen molar-refractivity contribution in [2.45, 2.75) is 6.92 Å². The number of nitrogens with zero attached hydrogens (tertiary/aromatic N) is 1. The zero-order valence-corrected chi connectivity index (χ0v) is 9.60. The summed E-state index contributed by atoms with van der Waals surface area (Å²) >= 11 is 0. The van der Waals surface area contributed by atoms with Crippen LogP contribution in [0.5, 0.6) is 0 Å². The number of hydrogen-bond donors (Lipinski definition) is 2. The predicted octanol–water partition coefficient (Wildman–Crippen LogP) is 2.83. The van der Waals surface area contributed by atoms with Crippen LogP contribution in [0.3, 0.4) is 0 Å². The second-order valence-electron chi connectivity index (χ2n) is 4.08. The van der Waals surface area contributed by atoms with Crippen molar-refractivity contribution in [3.63, 3.8) is 0 Å². The number of H-pyrrole nitrogens is 1. The fourth-order valence-corrected chi connectivity index (χ4v) is 2.07. The highest BCUT2D eigenvalue weighted by atomic mass is 16.5. The van der Waals surface area contributed by atoms with E-state index in [1.807, 2.05) is 25.1 Å². The zero-order valence-electron chi connectivity index (χ0n) is 9.60. The van der Waals surface area contributed by atoms with Crippen LogP contribution in [-0.2, 0) is 0 Å². The number of carboxylic acids is 1. The standard InChI is InChI=1S/C13H10N2O3/c1-7-3-2-4-9-12(7)8(6-14-9)10-5-11(13(16)17)18-15-10/h2-6,14H,1H3,(H,16,17). The Morgan fingerprint density at radius 3 is 3.00 bits per heavy atom. The summed E-state index contributed by atoms with van der Waals surface area (Å²) in [6.07, 6.45) is 1.81. The van der Waals surface area contributed by atoms with Crippen molar-refractivity contribution >= 4 is 16.9 Å². The van der Waals surface area contributed by atoms with Crippen molar-refractivity contribution < 1.29 is 14.4 Å². The number of aromatic carboxylic acids is 1. The SMILES string of the molecule is Cc1cccc2[nH]cc(-c3cc(C(=O)O)on3)c12. The van der Waals surface area contributed by atoms with E-state index in [2.05, 4.69) is 10.1 Å². The molecule has 0 atom stereocenters. The quantitative estimate of drug-likeness (QED) is 0.724. The largest absolute Gasteiger partial charge is 0.475 e. The molecular weight excluding hydrogens is 232 g/mol. The van der Waals surface area contributed by atoms with E-state index in [0.29, 0.717) is 5.69 Å². The average molecular weight is 242 g/mol. The Bertz CT molecular complexity index is 740. The van der Waals surface area contributed by atoms with Crippen LogP contribution in [0.2, 0.25) is 0 Å². The summed E-state index contributed by atoms with van der Waals surface area (Å²) in [7, 11) is 0. The molecule has 18 heavy (non-hydrogen) atoms. The molecule has 3 aromatic rings. The second-order valence-corrected chi connectivity index (χ2v) is 4.08. The van der Waals surface area contributed by atoms with Crippen LogP contribution in [0.25, 0.3) is 22.2 Å². The van der Waals surface area contributed by atoms with E-state index in [-0.39, 0.29) is 5.76 Å². The van der Waals surface area contributed by atoms with Gasteiger partial charge in [0.05, 0.1) is 0 Å². The fraction of sp³-hybridized carbons (Fsp3) is 0.0769. The Kier molecular flexibility index (Phi) is 2.19. The lowest BCUT2D eigenvalue weighted by atomic mass is 10.1. The highest BCUT2D eigenvalue weighted by Gasteiger charge is 2.15. The molecule has 0 saturated carbocycles. The van der Waals surface area contributed by atoms with Gasteiger partial charge in [-0.2, -0.15) is 0 Å². The van der Waals surface area contributed by atoms with Gasteiger partial charge in [0.1, 0.15) is 5.69 Å². The Morgan fingerprint density at radius 2 is 2.28 bits per heavy atom. The van der Waals surface area contributed by atoms with Crippen molar-refractivity contribution in [3.8, 4) is 11.3 Å². The molecule has 0 fully saturated rings. The molecule has 2 heterocycles. The Balaban J connectivity index is 2.22. The first-order chi connectivity index (χ1) is 8.66. The predicted molar refractivity (Wildman–Crippen MR) is 65.5 cm³/mol. The topological polar surface area (TPSA) is 79.1 Å². The number of fused-ring (bicyclic) bond motifs is 1. The molecule has 3 rings (SSSR count). The molecule has 90 valence electrons. The fourth-order valence-electron chi connectivity index (χ4n) is 2.07. The van der Waals surface area contributed by atoms with E-state index >= 15 is 0 Å². The molecule has 0 unspecified atom stereocenters. The number of rotatable bonds is 2. The molecular formula is C13H10N2O3. The molecule has 0 radical (unpaired) electrons. The third-order valence-electron chi connectivity index (χ3n) is 2.91. The highest BCUT2D eigenvalue weighted by molar-refractivity contribution is 5.97. The lowest BCUT2D eigenvalue weighted by Gasteiger charge is -1.97. The van der Waals surface area contributed by atoms with Gasteiger partial charge in [0.2, 0.25) is 5.76 Å². The Labute approximate surface area is 102 Å². The number of carboxylic acid groups (broad SMARTS) is 1. The summed E-state index contributed by atoms with van der Waals surface area (Å²) in [5.41, 5.74) is 3.46. The van der Waals surface area contributed by atoms with Crippen molar-refractivity contribution in [2.75, 3.05) is 0 Å². The smallest absolute Gasteiger partial charge is 0.374 e. The van der Waals surface area contributed by atoms with Crippen molar-refractivity contribution in [1.29, 1.82) is 0 Å². The number of nitrogens with one attached hydrogen (secondary N) is 1. The van der Waals surface area contributed by atoms with Gasteiger partial charge in [-0.3, -0.25) is 0 Å². The molecule has 0 amide bonds. The van der Waals surface area contributed by atoms with Gasteiger partial charge >= 0.3 is 5.97 Å². The maximum absolute atomic E-state index is 10.8. The maximum Gasteiger partial charge on any atom is 0.374 e. The van der Waals surface area contributed by atoms with E-state index < -0.39 is 5.97 Å². The molecule has 5 nitrogen and oxygen atoms in total. The van der Waals surface area contributed by atoms with Crippen LogP contribution in [0.1, 0.15) is 16.1 Å². The molecule has 0 bridgehead atoms. The Morgan fingerprint density at radius 1 is 1.44 bits per heavy atom. The van der Waals surface area contributed by atoms with E-state index in [0.717, 1.165) is 22.0 Å². The molecule has 0 spiro atoms. The minimum Gasteiger partial charge on any atom is -0.475 e. The molecule has 1 aromatic carbocycles. The molecule has 0 saturated heterocycles. The summed E-state index contributed by atoms with van der Waals surface area (Å²) in [5, 5.41) is 13.6. The highest BCUT2D eigenvalue weighted by Crippen LogP contribution is 2.30. The summed E-state index contributed by atoms with van der Waals surface area (Å²) in [4.78, 5) is 13.9. The van der Waals surface area contributed by atoms with Gasteiger partial charge in [0.15, 0.2) is 0 Å². The van der Waals surface area contributed by atoms with Gasteiger partial charge in [0, 0.05) is 28.7 Å². The van der Waals surface area contributed by atoms with Crippen molar-refractivity contribution in [1.82, 2.24) is 10.1 Å². The van der Waals surface area contributed by atoms with Gasteiger partial charge < -0.3 is 14.6 Å². The summed E-state index contributed by atoms with van der Waals surface area (Å²) in [6, 6.07) is 7.35. The molecule has 5 heteroatoms. The number of aromatic amines is 1. The third-order valence-corrected chi connectivity index (χ3v) is 2.91. The lowest BCUT2D eigenvalue weighted by Crippen LogP contribution is -1.91. The van der Waals surface area contributed by atoms with Crippen LogP contribution in [0.15, 0.2) is 35.0 Å².